The Hall–Kier alpha value is -2.14. The molecule has 0 fully saturated rings. The van der Waals surface area contributed by atoms with E-state index in [9.17, 15) is 4.79 Å². The average Bonchev–Trinajstić information content (AvgIpc) is 3.01. The van der Waals surface area contributed by atoms with Crippen molar-refractivity contribution < 1.29 is 9.21 Å². The number of carbonyl (C=O) groups excluding carboxylic acids is 1. The van der Waals surface area contributed by atoms with E-state index < -0.39 is 0 Å². The zero-order valence-electron chi connectivity index (χ0n) is 10.7. The Bertz CT molecular complexity index is 609. The molecule has 2 heterocycles. The maximum atomic E-state index is 11.8. The van der Waals surface area contributed by atoms with E-state index in [1.54, 1.807) is 35.8 Å². The molecule has 0 saturated heterocycles. The fraction of sp³-hybridized carbons (Fsp3) is 0.143. The van der Waals surface area contributed by atoms with Crippen molar-refractivity contribution in [2.24, 2.45) is 5.10 Å². The molecule has 2 aromatic rings. The Kier molecular flexibility index (Phi) is 4.30. The third-order valence-electron chi connectivity index (χ3n) is 2.66. The SMILES string of the molecule is Cc1scc(C(=O)N/N=C/C=C/c2ccco2)c1C. The number of furan rings is 1. The molecule has 0 atom stereocenters. The van der Waals surface area contributed by atoms with Crippen molar-refractivity contribution in [2.75, 3.05) is 0 Å². The molecule has 2 rings (SSSR count). The van der Waals surface area contributed by atoms with Crippen LogP contribution < -0.4 is 5.43 Å². The first kappa shape index (κ1) is 13.3. The maximum absolute atomic E-state index is 11.8. The van der Waals surface area contributed by atoms with Crippen molar-refractivity contribution in [1.29, 1.82) is 0 Å². The Morgan fingerprint density at radius 3 is 2.95 bits per heavy atom. The minimum absolute atomic E-state index is 0.190. The quantitative estimate of drug-likeness (QED) is 0.686. The van der Waals surface area contributed by atoms with Crippen molar-refractivity contribution in [1.82, 2.24) is 5.43 Å². The molecule has 19 heavy (non-hydrogen) atoms. The van der Waals surface area contributed by atoms with Gasteiger partial charge in [0.25, 0.3) is 5.91 Å². The Labute approximate surface area is 115 Å². The second kappa shape index (κ2) is 6.15. The smallest absolute Gasteiger partial charge is 0.272 e. The molecule has 0 spiro atoms. The fourth-order valence-electron chi connectivity index (χ4n) is 1.46. The minimum Gasteiger partial charge on any atom is -0.465 e. The second-order valence-corrected chi connectivity index (χ2v) is 5.01. The van der Waals surface area contributed by atoms with Gasteiger partial charge in [-0.05, 0) is 43.7 Å². The molecule has 1 N–H and O–H groups in total. The summed E-state index contributed by atoms with van der Waals surface area (Å²) in [6.07, 6.45) is 6.57. The zero-order chi connectivity index (χ0) is 13.7. The van der Waals surface area contributed by atoms with Gasteiger partial charge in [-0.15, -0.1) is 11.3 Å². The summed E-state index contributed by atoms with van der Waals surface area (Å²) in [6, 6.07) is 3.64. The molecule has 5 heteroatoms. The summed E-state index contributed by atoms with van der Waals surface area (Å²) in [5.74, 6) is 0.548. The van der Waals surface area contributed by atoms with Gasteiger partial charge >= 0.3 is 0 Å². The molecule has 0 aromatic carbocycles. The molecular formula is C14H14N2O2S. The highest BCUT2D eigenvalue weighted by molar-refractivity contribution is 7.10. The number of aryl methyl sites for hydroxylation is 1. The van der Waals surface area contributed by atoms with Crippen LogP contribution in [0.5, 0.6) is 0 Å². The maximum Gasteiger partial charge on any atom is 0.272 e. The van der Waals surface area contributed by atoms with E-state index in [1.165, 1.54) is 6.21 Å². The highest BCUT2D eigenvalue weighted by atomic mass is 32.1. The van der Waals surface area contributed by atoms with E-state index in [1.807, 2.05) is 25.3 Å². The van der Waals surface area contributed by atoms with E-state index in [-0.39, 0.29) is 5.91 Å². The normalized spacial score (nSPS) is 11.5. The first-order valence-corrected chi connectivity index (χ1v) is 6.64. The van der Waals surface area contributed by atoms with Gasteiger partial charge in [-0.3, -0.25) is 4.79 Å². The van der Waals surface area contributed by atoms with Gasteiger partial charge in [0.15, 0.2) is 0 Å². The lowest BCUT2D eigenvalue weighted by molar-refractivity contribution is 0.0955. The molecule has 2 aromatic heterocycles. The number of amides is 1. The number of carbonyl (C=O) groups is 1. The third-order valence-corrected chi connectivity index (χ3v) is 3.67. The highest BCUT2D eigenvalue weighted by Crippen LogP contribution is 2.20. The molecule has 0 saturated carbocycles. The number of thiophene rings is 1. The van der Waals surface area contributed by atoms with Gasteiger partial charge in [0.1, 0.15) is 5.76 Å². The number of hydrogen-bond donors (Lipinski definition) is 1. The van der Waals surface area contributed by atoms with Gasteiger partial charge in [-0.25, -0.2) is 5.43 Å². The van der Waals surface area contributed by atoms with Crippen molar-refractivity contribution in [3.05, 3.63) is 51.6 Å². The number of nitrogens with one attached hydrogen (secondary N) is 1. The van der Waals surface area contributed by atoms with Crippen molar-refractivity contribution >= 4 is 29.5 Å². The monoisotopic (exact) mass is 274 g/mol. The summed E-state index contributed by atoms with van der Waals surface area (Å²) >= 11 is 1.56. The first-order chi connectivity index (χ1) is 9.18. The molecule has 98 valence electrons. The Morgan fingerprint density at radius 2 is 2.32 bits per heavy atom. The molecule has 0 unspecified atom stereocenters. The molecule has 0 bridgehead atoms. The number of nitrogens with zero attached hydrogens (tertiary/aromatic N) is 1. The van der Waals surface area contributed by atoms with Crippen molar-refractivity contribution in [3.8, 4) is 0 Å². The Morgan fingerprint density at radius 1 is 1.47 bits per heavy atom. The molecule has 1 amide bonds. The largest absolute Gasteiger partial charge is 0.465 e. The molecule has 0 aliphatic carbocycles. The van der Waals surface area contributed by atoms with Crippen LogP contribution in [0, 0.1) is 13.8 Å². The number of rotatable bonds is 4. The van der Waals surface area contributed by atoms with Crippen LogP contribution in [0.1, 0.15) is 26.6 Å². The van der Waals surface area contributed by atoms with Gasteiger partial charge < -0.3 is 4.42 Å². The van der Waals surface area contributed by atoms with Gasteiger partial charge in [0.2, 0.25) is 0 Å². The van der Waals surface area contributed by atoms with E-state index in [0.29, 0.717) is 5.56 Å². The van der Waals surface area contributed by atoms with Crippen LogP contribution in [0.15, 0.2) is 39.4 Å². The highest BCUT2D eigenvalue weighted by Gasteiger charge is 2.10. The number of hydrazone groups is 1. The molecule has 0 aliphatic rings. The van der Waals surface area contributed by atoms with Gasteiger partial charge in [0, 0.05) is 16.5 Å². The standard InChI is InChI=1S/C14H14N2O2S/c1-10-11(2)19-9-13(10)14(17)16-15-7-3-5-12-6-4-8-18-12/h3-9H,1-2H3,(H,16,17)/b5-3+,15-7+. The van der Waals surface area contributed by atoms with E-state index >= 15 is 0 Å². The lowest BCUT2D eigenvalue weighted by Crippen LogP contribution is -2.17. The van der Waals surface area contributed by atoms with Crippen LogP contribution in [0.2, 0.25) is 0 Å². The van der Waals surface area contributed by atoms with Gasteiger partial charge in [-0.1, -0.05) is 0 Å². The lowest BCUT2D eigenvalue weighted by Gasteiger charge is -1.98. The van der Waals surface area contributed by atoms with Crippen molar-refractivity contribution in [3.63, 3.8) is 0 Å². The topological polar surface area (TPSA) is 54.6 Å². The van der Waals surface area contributed by atoms with Gasteiger partial charge in [-0.2, -0.15) is 5.10 Å². The van der Waals surface area contributed by atoms with Crippen LogP contribution in [-0.4, -0.2) is 12.1 Å². The number of hydrogen-bond acceptors (Lipinski definition) is 4. The van der Waals surface area contributed by atoms with Crippen molar-refractivity contribution in [2.45, 2.75) is 13.8 Å². The van der Waals surface area contributed by atoms with E-state index in [4.69, 9.17) is 4.42 Å². The Balaban J connectivity index is 1.88. The molecule has 4 nitrogen and oxygen atoms in total. The lowest BCUT2D eigenvalue weighted by atomic mass is 10.2. The molecule has 0 radical (unpaired) electrons. The van der Waals surface area contributed by atoms with Crippen LogP contribution in [-0.2, 0) is 0 Å². The summed E-state index contributed by atoms with van der Waals surface area (Å²) in [5.41, 5.74) is 4.17. The van der Waals surface area contributed by atoms with Crippen LogP contribution >= 0.6 is 11.3 Å². The molecule has 0 aliphatic heterocycles. The molecular weight excluding hydrogens is 260 g/mol. The zero-order valence-corrected chi connectivity index (χ0v) is 11.5. The summed E-state index contributed by atoms with van der Waals surface area (Å²) < 4.78 is 5.11. The van der Waals surface area contributed by atoms with E-state index in [0.717, 1.165) is 16.2 Å². The first-order valence-electron chi connectivity index (χ1n) is 5.76. The average molecular weight is 274 g/mol. The van der Waals surface area contributed by atoms with Gasteiger partial charge in [0.05, 0.1) is 11.8 Å². The predicted molar refractivity (Wildman–Crippen MR) is 77.5 cm³/mol. The minimum atomic E-state index is -0.190. The fourth-order valence-corrected chi connectivity index (χ4v) is 2.33. The predicted octanol–water partition coefficient (Wildman–Crippen LogP) is 3.39. The number of allylic oxidation sites excluding steroid dienone is 1. The summed E-state index contributed by atoms with van der Waals surface area (Å²) in [7, 11) is 0. The van der Waals surface area contributed by atoms with Crippen LogP contribution in [0.4, 0.5) is 0 Å². The summed E-state index contributed by atoms with van der Waals surface area (Å²) in [4.78, 5) is 13.0. The third kappa shape index (κ3) is 3.42. The summed E-state index contributed by atoms with van der Waals surface area (Å²) in [5, 5.41) is 5.69. The van der Waals surface area contributed by atoms with E-state index in [2.05, 4.69) is 10.5 Å². The second-order valence-electron chi connectivity index (χ2n) is 3.92. The summed E-state index contributed by atoms with van der Waals surface area (Å²) in [6.45, 7) is 3.92. The van der Waals surface area contributed by atoms with Crippen LogP contribution in [0.25, 0.3) is 6.08 Å². The van der Waals surface area contributed by atoms with Crippen LogP contribution in [0.3, 0.4) is 0 Å².